The van der Waals surface area contributed by atoms with Crippen LogP contribution in [0.4, 0.5) is 9.18 Å². The third-order valence-electron chi connectivity index (χ3n) is 2.12. The van der Waals surface area contributed by atoms with Gasteiger partial charge < -0.3 is 9.47 Å². The summed E-state index contributed by atoms with van der Waals surface area (Å²) in [6.45, 7) is 3.56. The van der Waals surface area contributed by atoms with E-state index in [1.165, 1.54) is 12.1 Å². The monoisotopic (exact) mass is 208 g/mol. The van der Waals surface area contributed by atoms with E-state index < -0.39 is 12.3 Å². The molecule has 78 valence electrons. The Hall–Kier alpha value is -1.84. The van der Waals surface area contributed by atoms with Crippen molar-refractivity contribution in [3.05, 3.63) is 48.0 Å². The maximum absolute atomic E-state index is 12.7. The number of ether oxygens (including phenoxy) is 2. The largest absolute Gasteiger partial charge is 0.514 e. The minimum atomic E-state index is -0.763. The van der Waals surface area contributed by atoms with Crippen LogP contribution in [0, 0.1) is 5.82 Å². The molecule has 1 heterocycles. The van der Waals surface area contributed by atoms with Crippen molar-refractivity contribution in [2.75, 3.05) is 0 Å². The highest BCUT2D eigenvalue weighted by molar-refractivity contribution is 5.63. The second-order valence-corrected chi connectivity index (χ2v) is 3.25. The fraction of sp³-hybridized carbons (Fsp3) is 0.182. The first kappa shape index (κ1) is 9.71. The summed E-state index contributed by atoms with van der Waals surface area (Å²) in [6, 6.07) is 5.79. The van der Waals surface area contributed by atoms with E-state index in [9.17, 15) is 9.18 Å². The Balaban J connectivity index is 2.19. The van der Waals surface area contributed by atoms with E-state index >= 15 is 0 Å². The molecule has 0 spiro atoms. The van der Waals surface area contributed by atoms with Crippen molar-refractivity contribution in [2.45, 2.75) is 12.5 Å². The summed E-state index contributed by atoms with van der Waals surface area (Å²) in [7, 11) is 0. The molecular weight excluding hydrogens is 199 g/mol. The zero-order valence-electron chi connectivity index (χ0n) is 7.90. The quantitative estimate of drug-likeness (QED) is 0.665. The first-order valence-electron chi connectivity index (χ1n) is 4.47. The molecule has 2 rings (SSSR count). The van der Waals surface area contributed by atoms with Gasteiger partial charge in [-0.3, -0.25) is 0 Å². The van der Waals surface area contributed by atoms with Crippen LogP contribution in [0.5, 0.6) is 0 Å². The van der Waals surface area contributed by atoms with Gasteiger partial charge in [0.2, 0.25) is 0 Å². The summed E-state index contributed by atoms with van der Waals surface area (Å²) < 4.78 is 22.2. The van der Waals surface area contributed by atoms with Crippen LogP contribution in [-0.4, -0.2) is 6.16 Å². The molecule has 4 heteroatoms. The Morgan fingerprint density at radius 2 is 2.00 bits per heavy atom. The van der Waals surface area contributed by atoms with E-state index in [4.69, 9.17) is 4.74 Å². The van der Waals surface area contributed by atoms with Crippen LogP contribution in [0.25, 0.3) is 0 Å². The predicted molar refractivity (Wildman–Crippen MR) is 50.5 cm³/mol. The lowest BCUT2D eigenvalue weighted by atomic mass is 10.1. The van der Waals surface area contributed by atoms with Gasteiger partial charge in [-0.25, -0.2) is 9.18 Å². The summed E-state index contributed by atoms with van der Waals surface area (Å²) in [5, 5.41) is 0. The van der Waals surface area contributed by atoms with E-state index in [0.29, 0.717) is 12.2 Å². The third-order valence-corrected chi connectivity index (χ3v) is 2.12. The van der Waals surface area contributed by atoms with Gasteiger partial charge in [-0.1, -0.05) is 18.7 Å². The van der Waals surface area contributed by atoms with Crippen molar-refractivity contribution in [1.82, 2.24) is 0 Å². The summed E-state index contributed by atoms with van der Waals surface area (Å²) >= 11 is 0. The molecular formula is C11H9FO3. The number of carbonyl (C=O) groups excluding carboxylic acids is 1. The van der Waals surface area contributed by atoms with E-state index in [2.05, 4.69) is 11.3 Å². The summed E-state index contributed by atoms with van der Waals surface area (Å²) in [5.41, 5.74) is 0.731. The molecule has 1 aromatic carbocycles. The fourth-order valence-electron chi connectivity index (χ4n) is 1.41. The van der Waals surface area contributed by atoms with Crippen molar-refractivity contribution in [1.29, 1.82) is 0 Å². The van der Waals surface area contributed by atoms with Crippen molar-refractivity contribution in [2.24, 2.45) is 0 Å². The smallest absolute Gasteiger partial charge is 0.425 e. The SMILES string of the molecule is C=C1CC(c2ccc(F)cc2)OC(=O)O1. The van der Waals surface area contributed by atoms with Gasteiger partial charge in [0.15, 0.2) is 0 Å². The molecule has 1 atom stereocenters. The summed E-state index contributed by atoms with van der Waals surface area (Å²) in [5.74, 6) is 0.0385. The van der Waals surface area contributed by atoms with Gasteiger partial charge in [0.1, 0.15) is 17.7 Å². The van der Waals surface area contributed by atoms with Gasteiger partial charge >= 0.3 is 6.16 Å². The molecule has 3 nitrogen and oxygen atoms in total. The van der Waals surface area contributed by atoms with Crippen LogP contribution in [0.1, 0.15) is 18.1 Å². The maximum Gasteiger partial charge on any atom is 0.514 e. The van der Waals surface area contributed by atoms with Crippen LogP contribution >= 0.6 is 0 Å². The molecule has 0 aromatic heterocycles. The van der Waals surface area contributed by atoms with E-state index in [1.54, 1.807) is 12.1 Å². The molecule has 0 aliphatic carbocycles. The number of hydrogen-bond acceptors (Lipinski definition) is 3. The topological polar surface area (TPSA) is 35.5 Å². The summed E-state index contributed by atoms with van der Waals surface area (Å²) in [6.07, 6.45) is -0.794. The van der Waals surface area contributed by atoms with Gasteiger partial charge in [0.05, 0.1) is 0 Å². The van der Waals surface area contributed by atoms with Crippen LogP contribution in [0.2, 0.25) is 0 Å². The van der Waals surface area contributed by atoms with Crippen molar-refractivity contribution < 1.29 is 18.7 Å². The second-order valence-electron chi connectivity index (χ2n) is 3.25. The minimum absolute atomic E-state index is 0.323. The Kier molecular flexibility index (Phi) is 2.41. The molecule has 1 fully saturated rings. The number of benzene rings is 1. The minimum Gasteiger partial charge on any atom is -0.425 e. The Bertz CT molecular complexity index is 381. The molecule has 1 unspecified atom stereocenters. The molecule has 15 heavy (non-hydrogen) atoms. The number of cyclic esters (lactones) is 2. The van der Waals surface area contributed by atoms with Crippen molar-refractivity contribution in [3.63, 3.8) is 0 Å². The number of hydrogen-bond donors (Lipinski definition) is 0. The van der Waals surface area contributed by atoms with Crippen LogP contribution in [0.15, 0.2) is 36.6 Å². The number of rotatable bonds is 1. The van der Waals surface area contributed by atoms with Crippen molar-refractivity contribution >= 4 is 6.16 Å². The molecule has 1 saturated heterocycles. The van der Waals surface area contributed by atoms with Crippen molar-refractivity contribution in [3.8, 4) is 0 Å². The van der Waals surface area contributed by atoms with Gasteiger partial charge in [0.25, 0.3) is 0 Å². The fourth-order valence-corrected chi connectivity index (χ4v) is 1.41. The molecule has 1 aliphatic heterocycles. The van der Waals surface area contributed by atoms with Gasteiger partial charge in [0, 0.05) is 6.42 Å². The molecule has 0 bridgehead atoms. The first-order valence-corrected chi connectivity index (χ1v) is 4.47. The van der Waals surface area contributed by atoms with Crippen LogP contribution in [0.3, 0.4) is 0 Å². The molecule has 0 N–H and O–H groups in total. The third kappa shape index (κ3) is 2.15. The standard InChI is InChI=1S/C11H9FO3/c1-7-6-10(15-11(13)14-7)8-2-4-9(12)5-3-8/h2-5,10H,1,6H2. The normalized spacial score (nSPS) is 20.7. The van der Waals surface area contributed by atoms with Gasteiger partial charge in [-0.15, -0.1) is 0 Å². The lowest BCUT2D eigenvalue weighted by Gasteiger charge is -2.23. The van der Waals surface area contributed by atoms with Gasteiger partial charge in [-0.05, 0) is 17.7 Å². The molecule has 1 aliphatic rings. The van der Waals surface area contributed by atoms with Crippen LogP contribution < -0.4 is 0 Å². The highest BCUT2D eigenvalue weighted by atomic mass is 19.1. The van der Waals surface area contributed by atoms with Crippen LogP contribution in [-0.2, 0) is 9.47 Å². The Morgan fingerprint density at radius 1 is 1.33 bits per heavy atom. The summed E-state index contributed by atoms with van der Waals surface area (Å²) in [4.78, 5) is 10.9. The maximum atomic E-state index is 12.7. The Morgan fingerprint density at radius 3 is 2.60 bits per heavy atom. The highest BCUT2D eigenvalue weighted by Crippen LogP contribution is 2.29. The van der Waals surface area contributed by atoms with E-state index in [0.717, 1.165) is 5.56 Å². The first-order chi connectivity index (χ1) is 7.15. The highest BCUT2D eigenvalue weighted by Gasteiger charge is 2.25. The van der Waals surface area contributed by atoms with E-state index in [1.807, 2.05) is 0 Å². The average Bonchev–Trinajstić information content (AvgIpc) is 2.17. The zero-order valence-corrected chi connectivity index (χ0v) is 7.90. The molecule has 0 radical (unpaired) electrons. The van der Waals surface area contributed by atoms with Gasteiger partial charge in [-0.2, -0.15) is 0 Å². The second kappa shape index (κ2) is 3.73. The Labute approximate surface area is 86.1 Å². The van der Waals surface area contributed by atoms with E-state index in [-0.39, 0.29) is 5.82 Å². The molecule has 0 saturated carbocycles. The average molecular weight is 208 g/mol. The molecule has 0 amide bonds. The number of halogens is 1. The predicted octanol–water partition coefficient (Wildman–Crippen LogP) is 2.94. The lowest BCUT2D eigenvalue weighted by Crippen LogP contribution is -2.19. The molecule has 1 aromatic rings. The lowest BCUT2D eigenvalue weighted by molar-refractivity contribution is 0.00514. The number of carbonyl (C=O) groups is 1. The zero-order chi connectivity index (χ0) is 10.8.